The van der Waals surface area contributed by atoms with Gasteiger partial charge in [0.15, 0.2) is 5.82 Å². The first-order chi connectivity index (χ1) is 17.4. The zero-order valence-electron chi connectivity index (χ0n) is 19.9. The Kier molecular flexibility index (Phi) is 7.83. The lowest BCUT2D eigenvalue weighted by molar-refractivity contribution is -0.0814. The fraction of sp³-hybridized carbons (Fsp3) is 0.320. The first-order valence-corrected chi connectivity index (χ1v) is 11.9. The van der Waals surface area contributed by atoms with Gasteiger partial charge in [0, 0.05) is 18.8 Å². The number of rotatable bonds is 9. The molecular formula is C25H25ClN6O4. The van der Waals surface area contributed by atoms with E-state index < -0.39 is 5.91 Å². The quantitative estimate of drug-likeness (QED) is 0.421. The number of halogens is 1. The maximum absolute atomic E-state index is 13.5. The molecule has 3 aromatic rings. The van der Waals surface area contributed by atoms with Gasteiger partial charge in [0.25, 0.3) is 11.8 Å². The molecule has 0 spiro atoms. The first kappa shape index (κ1) is 25.2. The lowest BCUT2D eigenvalue weighted by Gasteiger charge is -2.25. The highest BCUT2D eigenvalue weighted by molar-refractivity contribution is 6.32. The second-order valence-electron chi connectivity index (χ2n) is 8.26. The van der Waals surface area contributed by atoms with Crippen molar-refractivity contribution in [3.05, 3.63) is 63.9 Å². The molecule has 1 fully saturated rings. The van der Waals surface area contributed by atoms with Gasteiger partial charge in [-0.1, -0.05) is 24.9 Å². The maximum Gasteiger partial charge on any atom is 0.274 e. The molecule has 0 radical (unpaired) electrons. The minimum atomic E-state index is -0.556. The van der Waals surface area contributed by atoms with Crippen molar-refractivity contribution in [1.82, 2.24) is 20.1 Å². The van der Waals surface area contributed by atoms with Gasteiger partial charge in [-0.25, -0.2) is 9.67 Å². The number of hydrogen-bond acceptors (Lipinski definition) is 7. The molecule has 2 amide bonds. The van der Waals surface area contributed by atoms with Gasteiger partial charge >= 0.3 is 0 Å². The van der Waals surface area contributed by atoms with Crippen LogP contribution in [0.25, 0.3) is 5.82 Å². The summed E-state index contributed by atoms with van der Waals surface area (Å²) in [4.78, 5) is 30.7. The Morgan fingerprint density at radius 3 is 2.78 bits per heavy atom. The number of anilines is 1. The Labute approximate surface area is 213 Å². The summed E-state index contributed by atoms with van der Waals surface area (Å²) in [5, 5.41) is 19.7. The Hall–Kier alpha value is -3.94. The summed E-state index contributed by atoms with van der Waals surface area (Å²) in [6.45, 7) is 5.08. The van der Waals surface area contributed by atoms with Crippen LogP contribution < -0.4 is 15.4 Å². The number of nitrogens with one attached hydrogen (secondary N) is 2. The van der Waals surface area contributed by atoms with E-state index in [0.29, 0.717) is 41.6 Å². The van der Waals surface area contributed by atoms with Gasteiger partial charge in [-0.2, -0.15) is 5.26 Å². The Morgan fingerprint density at radius 1 is 1.31 bits per heavy atom. The van der Waals surface area contributed by atoms with Crippen LogP contribution >= 0.6 is 11.6 Å². The topological polar surface area (TPSA) is 131 Å². The molecule has 1 aromatic carbocycles. The van der Waals surface area contributed by atoms with Gasteiger partial charge in [-0.3, -0.25) is 9.59 Å². The predicted octanol–water partition coefficient (Wildman–Crippen LogP) is 3.66. The van der Waals surface area contributed by atoms with Crippen LogP contribution in [-0.2, 0) is 4.74 Å². The highest BCUT2D eigenvalue weighted by atomic mass is 35.5. The molecule has 0 atom stereocenters. The summed E-state index contributed by atoms with van der Waals surface area (Å²) in [5.41, 5.74) is 1.47. The third kappa shape index (κ3) is 5.48. The monoisotopic (exact) mass is 508 g/mol. The van der Waals surface area contributed by atoms with E-state index in [1.165, 1.54) is 23.0 Å². The average molecular weight is 509 g/mol. The first-order valence-electron chi connectivity index (χ1n) is 11.5. The highest BCUT2D eigenvalue weighted by Gasteiger charge is 2.26. The number of aryl methyl sites for hydroxylation is 1. The molecular weight excluding hydrogens is 484 g/mol. The summed E-state index contributed by atoms with van der Waals surface area (Å²) in [6, 6.07) is 9.91. The van der Waals surface area contributed by atoms with Gasteiger partial charge in [-0.05, 0) is 43.2 Å². The van der Waals surface area contributed by atoms with Crippen LogP contribution in [0, 0.1) is 18.3 Å². The van der Waals surface area contributed by atoms with Crippen molar-refractivity contribution in [3.63, 3.8) is 0 Å². The minimum Gasteiger partial charge on any atom is -0.468 e. The summed E-state index contributed by atoms with van der Waals surface area (Å²) in [7, 11) is 0. The number of unbranched alkanes of at least 4 members (excludes halogenated alkanes) is 1. The van der Waals surface area contributed by atoms with Gasteiger partial charge in [-0.15, -0.1) is 5.10 Å². The summed E-state index contributed by atoms with van der Waals surface area (Å²) < 4.78 is 12.2. The average Bonchev–Trinajstić information content (AvgIpc) is 3.26. The molecule has 186 valence electrons. The zero-order valence-corrected chi connectivity index (χ0v) is 20.6. The number of nitrogens with zero attached hydrogens (tertiary/aromatic N) is 4. The number of aromatic nitrogens is 3. The van der Waals surface area contributed by atoms with Gasteiger partial charge in [0.2, 0.25) is 5.88 Å². The zero-order chi connectivity index (χ0) is 25.7. The fourth-order valence-corrected chi connectivity index (χ4v) is 3.78. The van der Waals surface area contributed by atoms with Crippen molar-refractivity contribution in [3.8, 4) is 17.8 Å². The molecule has 2 N–H and O–H groups in total. The largest absolute Gasteiger partial charge is 0.468 e. The van der Waals surface area contributed by atoms with Gasteiger partial charge in [0.1, 0.15) is 11.8 Å². The molecule has 2 aromatic heterocycles. The summed E-state index contributed by atoms with van der Waals surface area (Å²) >= 11 is 6.34. The number of ether oxygens (including phenoxy) is 2. The van der Waals surface area contributed by atoms with Crippen molar-refractivity contribution in [2.24, 2.45) is 0 Å². The van der Waals surface area contributed by atoms with Crippen molar-refractivity contribution >= 4 is 29.1 Å². The molecule has 4 rings (SSSR count). The number of carbonyl (C=O) groups is 2. The number of nitriles is 1. The van der Waals surface area contributed by atoms with E-state index in [9.17, 15) is 14.9 Å². The van der Waals surface area contributed by atoms with E-state index in [1.54, 1.807) is 25.1 Å². The van der Waals surface area contributed by atoms with Gasteiger partial charge < -0.3 is 20.1 Å². The van der Waals surface area contributed by atoms with Crippen LogP contribution in [0.1, 0.15) is 51.7 Å². The number of benzene rings is 1. The molecule has 0 saturated carbocycles. The molecule has 3 heterocycles. The molecule has 1 aliphatic heterocycles. The molecule has 11 heteroatoms. The number of amides is 2. The Balaban J connectivity index is 1.70. The minimum absolute atomic E-state index is 0.104. The normalized spacial score (nSPS) is 12.9. The van der Waals surface area contributed by atoms with Crippen molar-refractivity contribution in [1.29, 1.82) is 5.26 Å². The van der Waals surface area contributed by atoms with Crippen LogP contribution in [0.15, 0.2) is 36.5 Å². The van der Waals surface area contributed by atoms with Crippen LogP contribution in [0.2, 0.25) is 5.02 Å². The molecule has 1 saturated heterocycles. The van der Waals surface area contributed by atoms with E-state index in [4.69, 9.17) is 21.1 Å². The lowest BCUT2D eigenvalue weighted by Crippen LogP contribution is -2.38. The molecule has 0 bridgehead atoms. The Bertz CT molecular complexity index is 1330. The molecule has 36 heavy (non-hydrogen) atoms. The van der Waals surface area contributed by atoms with Crippen molar-refractivity contribution in [2.75, 3.05) is 25.1 Å². The highest BCUT2D eigenvalue weighted by Crippen LogP contribution is 2.27. The maximum atomic E-state index is 13.5. The Morgan fingerprint density at radius 2 is 2.11 bits per heavy atom. The van der Waals surface area contributed by atoms with Crippen LogP contribution in [0.3, 0.4) is 0 Å². The third-order valence-electron chi connectivity index (χ3n) is 5.52. The summed E-state index contributed by atoms with van der Waals surface area (Å²) in [6.07, 6.45) is 3.10. The molecule has 0 unspecified atom stereocenters. The van der Waals surface area contributed by atoms with Crippen molar-refractivity contribution < 1.29 is 19.1 Å². The fourth-order valence-electron chi connectivity index (χ4n) is 3.57. The van der Waals surface area contributed by atoms with E-state index in [1.807, 2.05) is 6.92 Å². The smallest absolute Gasteiger partial charge is 0.274 e. The van der Waals surface area contributed by atoms with Crippen LogP contribution in [-0.4, -0.2) is 52.4 Å². The van der Waals surface area contributed by atoms with E-state index in [-0.39, 0.29) is 35.0 Å². The molecule has 1 aliphatic rings. The van der Waals surface area contributed by atoms with Gasteiger partial charge in [0.05, 0.1) is 41.1 Å². The second-order valence-corrected chi connectivity index (χ2v) is 8.66. The third-order valence-corrected chi connectivity index (χ3v) is 5.81. The van der Waals surface area contributed by atoms with Crippen LogP contribution in [0.4, 0.5) is 5.69 Å². The molecule has 0 aliphatic carbocycles. The number of hydrogen-bond donors (Lipinski definition) is 2. The van der Waals surface area contributed by atoms with E-state index >= 15 is 0 Å². The van der Waals surface area contributed by atoms with E-state index in [0.717, 1.165) is 12.8 Å². The lowest BCUT2D eigenvalue weighted by atomic mass is 10.0. The standard InChI is InChI=1S/C25H25ClN6O4/c1-3-4-7-29-24(33)18-10-16(12-27)9-15(2)22(18)30-25(34)20-11-21(36-17-13-35-14-17)31-32(20)23-19(26)6-5-8-28-23/h5-6,8-11,17H,3-4,7,13-14H2,1-2H3,(H,29,33)(H,30,34). The van der Waals surface area contributed by atoms with E-state index in [2.05, 4.69) is 26.8 Å². The summed E-state index contributed by atoms with van der Waals surface area (Å²) in [5.74, 6) is -0.476. The predicted molar refractivity (Wildman–Crippen MR) is 133 cm³/mol. The second kappa shape index (κ2) is 11.2. The van der Waals surface area contributed by atoms with Crippen molar-refractivity contribution in [2.45, 2.75) is 32.8 Å². The number of carbonyl (C=O) groups excluding carboxylic acids is 2. The van der Waals surface area contributed by atoms with Crippen LogP contribution in [0.5, 0.6) is 5.88 Å². The number of pyridine rings is 1. The SMILES string of the molecule is CCCCNC(=O)c1cc(C#N)cc(C)c1NC(=O)c1cc(OC2COC2)nn1-c1ncccc1Cl. The molecule has 10 nitrogen and oxygen atoms in total.